The first kappa shape index (κ1) is 23.9. The summed E-state index contributed by atoms with van der Waals surface area (Å²) in [6.07, 6.45) is 0. The highest BCUT2D eigenvalue weighted by atomic mass is 35.5. The standard InChI is InChI=1S/C26H17ClF2N2O4S/c1-12-4-3-5-13(8-12)22-20(23(32)16-11-15(35-2)6-7-17(16)27)24(33)25(34)31(22)26-30-21-18(29)9-14(28)10-19(21)36-26/h3-11,22,32H,1-2H3/b23-20+. The minimum atomic E-state index is -1.10. The Bertz CT molecular complexity index is 1600. The monoisotopic (exact) mass is 526 g/mol. The van der Waals surface area contributed by atoms with Crippen LogP contribution < -0.4 is 9.64 Å². The summed E-state index contributed by atoms with van der Waals surface area (Å²) < 4.78 is 33.6. The number of hydrogen-bond acceptors (Lipinski definition) is 6. The first-order chi connectivity index (χ1) is 17.2. The van der Waals surface area contributed by atoms with Gasteiger partial charge in [-0.25, -0.2) is 13.8 Å². The minimum Gasteiger partial charge on any atom is -0.507 e. The number of halogens is 3. The highest BCUT2D eigenvalue weighted by Crippen LogP contribution is 2.45. The molecule has 0 saturated carbocycles. The minimum absolute atomic E-state index is 0.0149. The van der Waals surface area contributed by atoms with Gasteiger partial charge in [0.05, 0.1) is 28.4 Å². The van der Waals surface area contributed by atoms with Crippen molar-refractivity contribution in [1.82, 2.24) is 4.98 Å². The van der Waals surface area contributed by atoms with E-state index in [1.165, 1.54) is 19.2 Å². The molecule has 0 aliphatic carbocycles. The lowest BCUT2D eigenvalue weighted by molar-refractivity contribution is -0.132. The molecule has 182 valence electrons. The molecule has 36 heavy (non-hydrogen) atoms. The van der Waals surface area contributed by atoms with Crippen LogP contribution in [0.1, 0.15) is 22.7 Å². The van der Waals surface area contributed by atoms with E-state index in [-0.39, 0.29) is 31.5 Å². The summed E-state index contributed by atoms with van der Waals surface area (Å²) in [5.41, 5.74) is 1.11. The molecule has 10 heteroatoms. The molecule has 0 radical (unpaired) electrons. The van der Waals surface area contributed by atoms with Crippen LogP contribution >= 0.6 is 22.9 Å². The number of hydrogen-bond donors (Lipinski definition) is 1. The van der Waals surface area contributed by atoms with Crippen LogP contribution in [-0.2, 0) is 9.59 Å². The van der Waals surface area contributed by atoms with Crippen molar-refractivity contribution in [2.24, 2.45) is 0 Å². The fourth-order valence-corrected chi connectivity index (χ4v) is 5.43. The Morgan fingerprint density at radius 2 is 1.92 bits per heavy atom. The summed E-state index contributed by atoms with van der Waals surface area (Å²) in [5, 5.41) is 11.4. The van der Waals surface area contributed by atoms with Crippen molar-refractivity contribution in [1.29, 1.82) is 0 Å². The van der Waals surface area contributed by atoms with Gasteiger partial charge in [0.15, 0.2) is 10.9 Å². The second-order valence-electron chi connectivity index (χ2n) is 8.16. The number of thiazole rings is 1. The highest BCUT2D eigenvalue weighted by Gasteiger charge is 2.48. The van der Waals surface area contributed by atoms with E-state index in [4.69, 9.17) is 16.3 Å². The fraction of sp³-hybridized carbons (Fsp3) is 0.115. The largest absolute Gasteiger partial charge is 0.507 e. The number of benzene rings is 3. The van der Waals surface area contributed by atoms with Gasteiger partial charge in [0, 0.05) is 11.6 Å². The van der Waals surface area contributed by atoms with E-state index < -0.39 is 35.1 Å². The number of fused-ring (bicyclic) bond motifs is 1. The molecule has 1 aliphatic rings. The number of nitrogens with zero attached hydrogens (tertiary/aromatic N) is 2. The number of carbonyl (C=O) groups is 2. The number of aliphatic hydroxyl groups is 1. The second-order valence-corrected chi connectivity index (χ2v) is 9.58. The van der Waals surface area contributed by atoms with E-state index in [1.54, 1.807) is 24.3 Å². The quantitative estimate of drug-likeness (QED) is 0.195. The van der Waals surface area contributed by atoms with E-state index in [2.05, 4.69) is 4.98 Å². The molecule has 0 spiro atoms. The van der Waals surface area contributed by atoms with E-state index in [0.717, 1.165) is 27.9 Å². The first-order valence-corrected chi connectivity index (χ1v) is 11.9. The average Bonchev–Trinajstić information content (AvgIpc) is 3.37. The van der Waals surface area contributed by atoms with Crippen LogP contribution in [0.15, 0.2) is 60.2 Å². The lowest BCUT2D eigenvalue weighted by Gasteiger charge is -2.23. The Morgan fingerprint density at radius 3 is 2.64 bits per heavy atom. The number of Topliss-reactive ketones (excluding diaryl/α,β-unsaturated/α-hetero) is 1. The summed E-state index contributed by atoms with van der Waals surface area (Å²) in [4.78, 5) is 32.0. The molecule has 4 aromatic rings. The maximum absolute atomic E-state index is 14.4. The molecule has 1 aromatic heterocycles. The summed E-state index contributed by atoms with van der Waals surface area (Å²) in [5.74, 6) is -3.74. The van der Waals surface area contributed by atoms with Gasteiger partial charge < -0.3 is 9.84 Å². The van der Waals surface area contributed by atoms with Crippen LogP contribution in [0.2, 0.25) is 5.02 Å². The number of ketones is 1. The molecule has 6 nitrogen and oxygen atoms in total. The van der Waals surface area contributed by atoms with Gasteiger partial charge in [-0.2, -0.15) is 0 Å². The lowest BCUT2D eigenvalue weighted by Crippen LogP contribution is -2.29. The molecular weight excluding hydrogens is 510 g/mol. The van der Waals surface area contributed by atoms with Gasteiger partial charge in [0.2, 0.25) is 0 Å². The number of methoxy groups -OCH3 is 1. The fourth-order valence-electron chi connectivity index (χ4n) is 4.19. The number of aryl methyl sites for hydroxylation is 1. The zero-order chi connectivity index (χ0) is 25.7. The molecule has 1 aliphatic heterocycles. The van der Waals surface area contributed by atoms with Crippen molar-refractivity contribution >= 4 is 55.7 Å². The van der Waals surface area contributed by atoms with E-state index in [1.807, 2.05) is 13.0 Å². The smallest absolute Gasteiger partial charge is 0.301 e. The maximum Gasteiger partial charge on any atom is 0.301 e. The van der Waals surface area contributed by atoms with Crippen LogP contribution in [0.4, 0.5) is 13.9 Å². The van der Waals surface area contributed by atoms with Crippen molar-refractivity contribution < 1.29 is 28.2 Å². The Morgan fingerprint density at radius 1 is 1.14 bits per heavy atom. The predicted molar refractivity (Wildman–Crippen MR) is 134 cm³/mol. The molecule has 3 aromatic carbocycles. The van der Waals surface area contributed by atoms with Gasteiger partial charge in [0.1, 0.15) is 22.8 Å². The van der Waals surface area contributed by atoms with Crippen molar-refractivity contribution in [2.45, 2.75) is 13.0 Å². The molecule has 1 fully saturated rings. The summed E-state index contributed by atoms with van der Waals surface area (Å²) >= 11 is 7.18. The van der Waals surface area contributed by atoms with Gasteiger partial charge in [0.25, 0.3) is 5.78 Å². The predicted octanol–water partition coefficient (Wildman–Crippen LogP) is 6.17. The van der Waals surface area contributed by atoms with Crippen LogP contribution in [0.3, 0.4) is 0 Å². The van der Waals surface area contributed by atoms with Crippen LogP contribution in [0, 0.1) is 18.6 Å². The molecule has 5 rings (SSSR count). The normalized spacial score (nSPS) is 17.2. The molecular formula is C26H17ClF2N2O4S. The Balaban J connectivity index is 1.77. The number of aliphatic hydroxyl groups excluding tert-OH is 1. The van der Waals surface area contributed by atoms with Crippen molar-refractivity contribution in [3.8, 4) is 5.75 Å². The third-order valence-electron chi connectivity index (χ3n) is 5.84. The average molecular weight is 527 g/mol. The maximum atomic E-state index is 14.4. The molecule has 1 amide bonds. The van der Waals surface area contributed by atoms with Gasteiger partial charge in [-0.15, -0.1) is 0 Å². The van der Waals surface area contributed by atoms with Crippen molar-refractivity contribution in [3.05, 3.63) is 93.5 Å². The Hall–Kier alpha value is -3.82. The summed E-state index contributed by atoms with van der Waals surface area (Å²) in [6, 6.07) is 12.3. The zero-order valence-corrected chi connectivity index (χ0v) is 20.5. The lowest BCUT2D eigenvalue weighted by atomic mass is 9.94. The van der Waals surface area contributed by atoms with E-state index in [9.17, 15) is 23.5 Å². The van der Waals surface area contributed by atoms with Gasteiger partial charge in [-0.1, -0.05) is 52.8 Å². The van der Waals surface area contributed by atoms with E-state index >= 15 is 0 Å². The summed E-state index contributed by atoms with van der Waals surface area (Å²) in [7, 11) is 1.44. The topological polar surface area (TPSA) is 79.7 Å². The third kappa shape index (κ3) is 3.90. The van der Waals surface area contributed by atoms with Crippen molar-refractivity contribution in [3.63, 3.8) is 0 Å². The summed E-state index contributed by atoms with van der Waals surface area (Å²) in [6.45, 7) is 1.84. The number of rotatable bonds is 4. The number of anilines is 1. The highest BCUT2D eigenvalue weighted by molar-refractivity contribution is 7.22. The Kier molecular flexibility index (Phi) is 5.97. The zero-order valence-electron chi connectivity index (χ0n) is 18.9. The van der Waals surface area contributed by atoms with Gasteiger partial charge in [-0.3, -0.25) is 14.5 Å². The van der Waals surface area contributed by atoms with Crippen LogP contribution in [-0.4, -0.2) is 28.9 Å². The number of aromatic nitrogens is 1. The molecule has 1 saturated heterocycles. The molecule has 2 heterocycles. The second kappa shape index (κ2) is 9.00. The van der Waals surface area contributed by atoms with Gasteiger partial charge >= 0.3 is 5.91 Å². The molecule has 1 N–H and O–H groups in total. The molecule has 1 unspecified atom stereocenters. The molecule has 0 bridgehead atoms. The van der Waals surface area contributed by atoms with Gasteiger partial charge in [-0.05, 0) is 36.8 Å². The van der Waals surface area contributed by atoms with Crippen molar-refractivity contribution in [2.75, 3.05) is 12.0 Å². The SMILES string of the molecule is COc1ccc(Cl)c(/C(O)=C2\C(=O)C(=O)N(c3nc4c(F)cc(F)cc4s3)C2c2cccc(C)c2)c1. The van der Waals surface area contributed by atoms with Crippen LogP contribution in [0.5, 0.6) is 5.75 Å². The Labute approximate surface area is 213 Å². The molecule has 1 atom stereocenters. The third-order valence-corrected chi connectivity index (χ3v) is 7.17. The van der Waals surface area contributed by atoms with Crippen LogP contribution in [0.25, 0.3) is 16.0 Å². The number of carbonyl (C=O) groups excluding carboxylic acids is 2. The van der Waals surface area contributed by atoms with E-state index in [0.29, 0.717) is 17.4 Å². The first-order valence-electron chi connectivity index (χ1n) is 10.7. The number of ether oxygens (including phenoxy) is 1. The number of amides is 1.